The quantitative estimate of drug-likeness (QED) is 0.691. The van der Waals surface area contributed by atoms with Gasteiger partial charge in [0.25, 0.3) is 5.91 Å². The number of amides is 2. The van der Waals surface area contributed by atoms with E-state index in [1.54, 1.807) is 35.8 Å². The summed E-state index contributed by atoms with van der Waals surface area (Å²) in [5.74, 6) is -0.811. The lowest BCUT2D eigenvalue weighted by Gasteiger charge is -2.61. The SMILES string of the molecule is CC(C)N1C(=O)c2ccccc2C(C(=O)N2CCOCC2)C12CN(S(=O)(=O)C(C)C)C2. The van der Waals surface area contributed by atoms with Gasteiger partial charge in [-0.2, -0.15) is 4.31 Å². The summed E-state index contributed by atoms with van der Waals surface area (Å²) in [5, 5.41) is -0.558. The number of morpholine rings is 1. The number of carbonyl (C=O) groups is 2. The fourth-order valence-electron chi connectivity index (χ4n) is 5.16. The van der Waals surface area contributed by atoms with Crippen LogP contribution in [0.25, 0.3) is 0 Å². The molecular formula is C22H31N3O5S. The molecule has 170 valence electrons. The highest BCUT2D eigenvalue weighted by molar-refractivity contribution is 7.89. The number of sulfonamides is 1. The molecule has 1 unspecified atom stereocenters. The second-order valence-electron chi connectivity index (χ2n) is 9.19. The Bertz CT molecular complexity index is 979. The molecule has 0 N–H and O–H groups in total. The van der Waals surface area contributed by atoms with Gasteiger partial charge in [0, 0.05) is 37.8 Å². The Kier molecular flexibility index (Phi) is 5.64. The van der Waals surface area contributed by atoms with E-state index in [0.29, 0.717) is 37.4 Å². The monoisotopic (exact) mass is 449 g/mol. The Morgan fingerprint density at radius 1 is 1.10 bits per heavy atom. The highest BCUT2D eigenvalue weighted by Crippen LogP contribution is 2.49. The second kappa shape index (κ2) is 7.86. The average Bonchev–Trinajstić information content (AvgIpc) is 2.71. The normalized spacial score (nSPS) is 23.9. The number of rotatable bonds is 4. The Labute approximate surface area is 184 Å². The molecule has 2 saturated heterocycles. The topological polar surface area (TPSA) is 87.2 Å². The van der Waals surface area contributed by atoms with Gasteiger partial charge >= 0.3 is 0 Å². The van der Waals surface area contributed by atoms with Gasteiger partial charge in [0.05, 0.1) is 29.9 Å². The molecule has 0 saturated carbocycles. The Hall–Kier alpha value is -1.97. The van der Waals surface area contributed by atoms with Crippen LogP contribution in [0.3, 0.4) is 0 Å². The van der Waals surface area contributed by atoms with Crippen molar-refractivity contribution in [1.29, 1.82) is 0 Å². The van der Waals surface area contributed by atoms with Gasteiger partial charge in [-0.1, -0.05) is 18.2 Å². The third-order valence-electron chi connectivity index (χ3n) is 6.68. The molecule has 3 heterocycles. The first-order chi connectivity index (χ1) is 14.6. The third-order valence-corrected chi connectivity index (χ3v) is 8.85. The van der Waals surface area contributed by atoms with Crippen LogP contribution in [0.5, 0.6) is 0 Å². The Balaban J connectivity index is 1.82. The number of carbonyl (C=O) groups excluding carboxylic acids is 2. The number of ether oxygens (including phenoxy) is 1. The van der Waals surface area contributed by atoms with Crippen molar-refractivity contribution in [3.63, 3.8) is 0 Å². The maximum absolute atomic E-state index is 13.9. The van der Waals surface area contributed by atoms with Crippen LogP contribution in [0, 0.1) is 0 Å². The zero-order valence-electron chi connectivity index (χ0n) is 18.6. The van der Waals surface area contributed by atoms with E-state index < -0.39 is 26.7 Å². The molecule has 0 radical (unpaired) electrons. The van der Waals surface area contributed by atoms with E-state index >= 15 is 0 Å². The molecule has 31 heavy (non-hydrogen) atoms. The summed E-state index contributed by atoms with van der Waals surface area (Å²) in [5.41, 5.74) is 0.331. The largest absolute Gasteiger partial charge is 0.378 e. The molecule has 0 aliphatic carbocycles. The van der Waals surface area contributed by atoms with Crippen LogP contribution in [0.4, 0.5) is 0 Å². The fraction of sp³-hybridized carbons (Fsp3) is 0.636. The highest BCUT2D eigenvalue weighted by Gasteiger charge is 2.64. The molecule has 1 aromatic rings. The summed E-state index contributed by atoms with van der Waals surface area (Å²) < 4.78 is 32.5. The predicted octanol–water partition coefficient (Wildman–Crippen LogP) is 1.29. The Morgan fingerprint density at radius 3 is 2.29 bits per heavy atom. The van der Waals surface area contributed by atoms with E-state index in [0.717, 1.165) is 0 Å². The van der Waals surface area contributed by atoms with Crippen LogP contribution in [-0.2, 0) is 19.6 Å². The van der Waals surface area contributed by atoms with Crippen LogP contribution >= 0.6 is 0 Å². The molecule has 3 aliphatic rings. The summed E-state index contributed by atoms with van der Waals surface area (Å²) in [6.45, 7) is 9.36. The number of benzene rings is 1. The fourth-order valence-corrected chi connectivity index (χ4v) is 6.56. The number of nitrogens with zero attached hydrogens (tertiary/aromatic N) is 3. The smallest absolute Gasteiger partial charge is 0.254 e. The molecule has 3 aliphatic heterocycles. The van der Waals surface area contributed by atoms with Crippen molar-refractivity contribution in [2.45, 2.75) is 50.4 Å². The van der Waals surface area contributed by atoms with Crippen molar-refractivity contribution < 1.29 is 22.7 Å². The summed E-state index contributed by atoms with van der Waals surface area (Å²) >= 11 is 0. The van der Waals surface area contributed by atoms with Gasteiger partial charge in [0.15, 0.2) is 0 Å². The van der Waals surface area contributed by atoms with Gasteiger partial charge in [-0.05, 0) is 39.3 Å². The lowest BCUT2D eigenvalue weighted by molar-refractivity contribution is -0.145. The number of hydrogen-bond donors (Lipinski definition) is 0. The van der Waals surface area contributed by atoms with E-state index in [2.05, 4.69) is 0 Å². The van der Waals surface area contributed by atoms with Gasteiger partial charge in [-0.25, -0.2) is 8.42 Å². The minimum Gasteiger partial charge on any atom is -0.378 e. The van der Waals surface area contributed by atoms with Crippen LogP contribution in [0.1, 0.15) is 49.5 Å². The van der Waals surface area contributed by atoms with E-state index in [9.17, 15) is 18.0 Å². The summed E-state index contributed by atoms with van der Waals surface area (Å²) in [4.78, 5) is 30.9. The van der Waals surface area contributed by atoms with Gasteiger partial charge in [0.1, 0.15) is 0 Å². The van der Waals surface area contributed by atoms with E-state index in [1.165, 1.54) is 4.31 Å². The van der Waals surface area contributed by atoms with Crippen molar-refractivity contribution in [3.8, 4) is 0 Å². The van der Waals surface area contributed by atoms with Crippen LogP contribution in [0.15, 0.2) is 24.3 Å². The summed E-state index contributed by atoms with van der Waals surface area (Å²) in [6, 6.07) is 7.08. The zero-order valence-corrected chi connectivity index (χ0v) is 19.4. The molecule has 4 rings (SSSR count). The van der Waals surface area contributed by atoms with E-state index in [-0.39, 0.29) is 30.9 Å². The first-order valence-electron chi connectivity index (χ1n) is 10.9. The molecular weight excluding hydrogens is 418 g/mol. The lowest BCUT2D eigenvalue weighted by Crippen LogP contribution is -2.79. The highest BCUT2D eigenvalue weighted by atomic mass is 32.2. The number of hydrogen-bond acceptors (Lipinski definition) is 5. The molecule has 0 bridgehead atoms. The van der Waals surface area contributed by atoms with Gasteiger partial charge in [-0.3, -0.25) is 9.59 Å². The molecule has 1 atom stereocenters. The standard InChI is InChI=1S/C22H31N3O5S/c1-15(2)25-20(26)18-8-6-5-7-17(18)19(21(27)23-9-11-30-12-10-23)22(25)13-24(14-22)31(28,29)16(3)4/h5-8,15-16,19H,9-14H2,1-4H3. The average molecular weight is 450 g/mol. The first-order valence-corrected chi connectivity index (χ1v) is 12.4. The second-order valence-corrected chi connectivity index (χ2v) is 11.7. The lowest BCUT2D eigenvalue weighted by atomic mass is 9.68. The molecule has 2 fully saturated rings. The van der Waals surface area contributed by atoms with Crippen molar-refractivity contribution >= 4 is 21.8 Å². The molecule has 1 aromatic carbocycles. The molecule has 0 aromatic heterocycles. The maximum atomic E-state index is 13.9. The third kappa shape index (κ3) is 3.37. The van der Waals surface area contributed by atoms with Gasteiger partial charge in [0.2, 0.25) is 15.9 Å². The van der Waals surface area contributed by atoms with Gasteiger partial charge in [-0.15, -0.1) is 0 Å². The van der Waals surface area contributed by atoms with E-state index in [4.69, 9.17) is 4.74 Å². The molecule has 8 nitrogen and oxygen atoms in total. The predicted molar refractivity (Wildman–Crippen MR) is 116 cm³/mol. The minimum absolute atomic E-state index is 0.0597. The van der Waals surface area contributed by atoms with Gasteiger partial charge < -0.3 is 14.5 Å². The van der Waals surface area contributed by atoms with Crippen molar-refractivity contribution in [1.82, 2.24) is 14.1 Å². The van der Waals surface area contributed by atoms with Crippen molar-refractivity contribution in [2.24, 2.45) is 0 Å². The van der Waals surface area contributed by atoms with E-state index in [1.807, 2.05) is 26.0 Å². The Morgan fingerprint density at radius 2 is 1.71 bits per heavy atom. The number of fused-ring (bicyclic) bond motifs is 1. The summed E-state index contributed by atoms with van der Waals surface area (Å²) in [7, 11) is -3.48. The molecule has 1 spiro atoms. The van der Waals surface area contributed by atoms with Crippen LogP contribution < -0.4 is 0 Å². The first kappa shape index (κ1) is 22.2. The zero-order chi connectivity index (χ0) is 22.6. The van der Waals surface area contributed by atoms with Crippen LogP contribution in [0.2, 0.25) is 0 Å². The van der Waals surface area contributed by atoms with Crippen LogP contribution in [-0.4, -0.2) is 90.6 Å². The molecule has 9 heteroatoms. The summed E-state index contributed by atoms with van der Waals surface area (Å²) in [6.07, 6.45) is 0. The molecule has 2 amide bonds. The maximum Gasteiger partial charge on any atom is 0.254 e. The van der Waals surface area contributed by atoms with Crippen molar-refractivity contribution in [2.75, 3.05) is 39.4 Å². The minimum atomic E-state index is -3.48. The van der Waals surface area contributed by atoms with Crippen molar-refractivity contribution in [3.05, 3.63) is 35.4 Å².